The van der Waals surface area contributed by atoms with Gasteiger partial charge in [-0.1, -0.05) is 24.3 Å². The van der Waals surface area contributed by atoms with Gasteiger partial charge in [-0.15, -0.1) is 0 Å². The molecule has 2 saturated heterocycles. The molecule has 4 aliphatic rings. The summed E-state index contributed by atoms with van der Waals surface area (Å²) < 4.78 is 22.8. The quantitative estimate of drug-likeness (QED) is 0.649. The van der Waals surface area contributed by atoms with Crippen molar-refractivity contribution < 1.29 is 33.6 Å². The van der Waals surface area contributed by atoms with E-state index >= 15 is 0 Å². The molecule has 37 heavy (non-hydrogen) atoms. The van der Waals surface area contributed by atoms with Gasteiger partial charge in [0, 0.05) is 18.2 Å². The molecule has 9 heteroatoms. The number of ether oxygens (including phenoxy) is 4. The summed E-state index contributed by atoms with van der Waals surface area (Å²) in [6.07, 6.45) is 1.85. The van der Waals surface area contributed by atoms with Gasteiger partial charge in [-0.2, -0.15) is 0 Å². The van der Waals surface area contributed by atoms with Gasteiger partial charge in [0.15, 0.2) is 11.5 Å². The first-order valence-corrected chi connectivity index (χ1v) is 13.0. The lowest BCUT2D eigenvalue weighted by Gasteiger charge is -2.44. The van der Waals surface area contributed by atoms with Crippen LogP contribution in [0.1, 0.15) is 40.7 Å². The Hall–Kier alpha value is -3.14. The Kier molecular flexibility index (Phi) is 6.75. The summed E-state index contributed by atoms with van der Waals surface area (Å²) in [5.41, 5.74) is 3.06. The Morgan fingerprint density at radius 3 is 2.59 bits per heavy atom. The topological polar surface area (TPSA) is 107 Å². The van der Waals surface area contributed by atoms with E-state index in [1.165, 1.54) is 11.1 Å². The van der Waals surface area contributed by atoms with E-state index in [0.29, 0.717) is 29.9 Å². The van der Waals surface area contributed by atoms with Crippen molar-refractivity contribution in [2.45, 2.75) is 62.5 Å². The molecule has 0 spiro atoms. The molecule has 0 saturated carbocycles. The van der Waals surface area contributed by atoms with Crippen LogP contribution in [0.3, 0.4) is 0 Å². The molecule has 196 valence electrons. The van der Waals surface area contributed by atoms with Crippen LogP contribution < -0.4 is 14.8 Å². The third kappa shape index (κ3) is 5.16. The number of benzene rings is 2. The number of carbonyl (C=O) groups excluding carboxylic acids is 2. The van der Waals surface area contributed by atoms with Gasteiger partial charge in [0.2, 0.25) is 12.7 Å². The van der Waals surface area contributed by atoms with Crippen LogP contribution in [-0.2, 0) is 27.1 Å². The number of aliphatic hydroxyl groups is 1. The molecular formula is C28H32N2O7. The number of nitrogens with one attached hydrogen (secondary N) is 1. The zero-order chi connectivity index (χ0) is 25.4. The molecule has 1 aliphatic carbocycles. The molecule has 3 heterocycles. The highest BCUT2D eigenvalue weighted by molar-refractivity contribution is 5.95. The second-order valence-electron chi connectivity index (χ2n) is 10.3. The Bertz CT molecular complexity index is 1150. The van der Waals surface area contributed by atoms with Crippen LogP contribution in [0, 0.1) is 0 Å². The standard InChI is InChI=1S/C28H32N2O7/c31-21-13-30(28(33)19-5-8-24-25(11-19)36-16-35-24)23-7-6-22(37-26(23)15-34-14-21)12-27(32)29-20-9-17-3-1-2-4-18(17)10-20/h1-5,8,11,20-23,26,31H,6-7,9-10,12-16H2,(H,29,32)/t21-,22-,23-,26+/m1/s1. The lowest BCUT2D eigenvalue weighted by molar-refractivity contribution is -0.151. The first-order valence-electron chi connectivity index (χ1n) is 13.0. The van der Waals surface area contributed by atoms with Gasteiger partial charge in [-0.3, -0.25) is 9.59 Å². The van der Waals surface area contributed by atoms with E-state index in [1.807, 2.05) is 12.1 Å². The fourth-order valence-electron chi connectivity index (χ4n) is 5.92. The molecule has 2 aromatic rings. The van der Waals surface area contributed by atoms with Gasteiger partial charge in [-0.05, 0) is 55.0 Å². The van der Waals surface area contributed by atoms with Crippen molar-refractivity contribution in [2.75, 3.05) is 26.6 Å². The Morgan fingerprint density at radius 1 is 1.00 bits per heavy atom. The smallest absolute Gasteiger partial charge is 0.254 e. The van der Waals surface area contributed by atoms with Gasteiger partial charge in [0.1, 0.15) is 6.10 Å². The van der Waals surface area contributed by atoms with Crippen molar-refractivity contribution in [3.05, 3.63) is 59.2 Å². The van der Waals surface area contributed by atoms with Crippen LogP contribution in [0.2, 0.25) is 0 Å². The number of amides is 2. The molecule has 2 fully saturated rings. The molecule has 9 nitrogen and oxygen atoms in total. The highest BCUT2D eigenvalue weighted by Gasteiger charge is 2.40. The second kappa shape index (κ2) is 10.3. The average molecular weight is 509 g/mol. The van der Waals surface area contributed by atoms with E-state index in [1.54, 1.807) is 23.1 Å². The summed E-state index contributed by atoms with van der Waals surface area (Å²) >= 11 is 0. The largest absolute Gasteiger partial charge is 0.454 e. The van der Waals surface area contributed by atoms with Crippen LogP contribution in [-0.4, -0.2) is 78.8 Å². The number of nitrogens with zero attached hydrogens (tertiary/aromatic N) is 1. The van der Waals surface area contributed by atoms with Crippen molar-refractivity contribution >= 4 is 11.8 Å². The molecule has 6 rings (SSSR count). The normalized spacial score (nSPS) is 27.1. The molecule has 3 aliphatic heterocycles. The molecule has 2 N–H and O–H groups in total. The van der Waals surface area contributed by atoms with Crippen LogP contribution in [0.5, 0.6) is 11.5 Å². The van der Waals surface area contributed by atoms with Gasteiger partial charge in [-0.25, -0.2) is 0 Å². The summed E-state index contributed by atoms with van der Waals surface area (Å²) in [7, 11) is 0. The predicted molar refractivity (Wildman–Crippen MR) is 133 cm³/mol. The Labute approximate surface area is 215 Å². The van der Waals surface area contributed by atoms with E-state index in [2.05, 4.69) is 17.4 Å². The Balaban J connectivity index is 1.10. The average Bonchev–Trinajstić information content (AvgIpc) is 3.52. The summed E-state index contributed by atoms with van der Waals surface area (Å²) in [4.78, 5) is 28.1. The highest BCUT2D eigenvalue weighted by Crippen LogP contribution is 2.34. The number of fused-ring (bicyclic) bond motifs is 3. The minimum absolute atomic E-state index is 0.0169. The van der Waals surface area contributed by atoms with Gasteiger partial charge < -0.3 is 34.3 Å². The summed E-state index contributed by atoms with van der Waals surface area (Å²) in [5, 5.41) is 13.6. The number of β-amino-alcohol motifs (C(OH)–C–C–N with tert-alkyl or cyclic N) is 1. The van der Waals surface area contributed by atoms with Crippen molar-refractivity contribution in [3.63, 3.8) is 0 Å². The van der Waals surface area contributed by atoms with Gasteiger partial charge in [0.05, 0.1) is 37.9 Å². The minimum Gasteiger partial charge on any atom is -0.454 e. The Morgan fingerprint density at radius 2 is 1.78 bits per heavy atom. The fraction of sp³-hybridized carbons (Fsp3) is 0.500. The molecule has 0 aromatic heterocycles. The molecule has 4 atom stereocenters. The van der Waals surface area contributed by atoms with Crippen LogP contribution in [0.15, 0.2) is 42.5 Å². The first kappa shape index (κ1) is 24.2. The van der Waals surface area contributed by atoms with E-state index in [0.717, 1.165) is 12.8 Å². The predicted octanol–water partition coefficient (Wildman–Crippen LogP) is 1.84. The number of aliphatic hydroxyl groups excluding tert-OH is 1. The number of hydrogen-bond donors (Lipinski definition) is 2. The van der Waals surface area contributed by atoms with Crippen molar-refractivity contribution in [3.8, 4) is 11.5 Å². The van der Waals surface area contributed by atoms with Gasteiger partial charge in [0.25, 0.3) is 5.91 Å². The van der Waals surface area contributed by atoms with E-state index < -0.39 is 6.10 Å². The maximum absolute atomic E-state index is 13.6. The number of hydrogen-bond acceptors (Lipinski definition) is 7. The lowest BCUT2D eigenvalue weighted by Crippen LogP contribution is -2.57. The van der Waals surface area contributed by atoms with E-state index in [9.17, 15) is 14.7 Å². The molecule has 2 amide bonds. The lowest BCUT2D eigenvalue weighted by atomic mass is 9.94. The molecule has 0 radical (unpaired) electrons. The van der Waals surface area contributed by atoms with Crippen molar-refractivity contribution in [2.24, 2.45) is 0 Å². The van der Waals surface area contributed by atoms with Crippen molar-refractivity contribution in [1.29, 1.82) is 0 Å². The third-order valence-corrected chi connectivity index (χ3v) is 7.69. The summed E-state index contributed by atoms with van der Waals surface area (Å²) in [6, 6.07) is 13.3. The minimum atomic E-state index is -0.794. The highest BCUT2D eigenvalue weighted by atomic mass is 16.7. The van der Waals surface area contributed by atoms with E-state index in [-0.39, 0.29) is 69.1 Å². The molecular weight excluding hydrogens is 476 g/mol. The zero-order valence-electron chi connectivity index (χ0n) is 20.6. The fourth-order valence-corrected chi connectivity index (χ4v) is 5.92. The monoisotopic (exact) mass is 508 g/mol. The maximum atomic E-state index is 13.6. The van der Waals surface area contributed by atoms with Gasteiger partial charge >= 0.3 is 0 Å². The van der Waals surface area contributed by atoms with Crippen LogP contribution in [0.25, 0.3) is 0 Å². The number of rotatable bonds is 4. The molecule has 2 aromatic carbocycles. The maximum Gasteiger partial charge on any atom is 0.254 e. The number of carbonyl (C=O) groups is 2. The summed E-state index contributed by atoms with van der Waals surface area (Å²) in [6.45, 7) is 0.646. The molecule has 0 bridgehead atoms. The SMILES string of the molecule is O=C(C[C@H]1CC[C@@H]2[C@H](COC[C@H](O)CN2C(=O)c2ccc3c(c2)OCO3)O1)NC1Cc2ccccc2C1. The zero-order valence-corrected chi connectivity index (χ0v) is 20.6. The molecule has 0 unspecified atom stereocenters. The second-order valence-corrected chi connectivity index (χ2v) is 10.3. The van der Waals surface area contributed by atoms with Crippen molar-refractivity contribution in [1.82, 2.24) is 10.2 Å². The summed E-state index contributed by atoms with van der Waals surface area (Å²) in [5.74, 6) is 0.931. The van der Waals surface area contributed by atoms with E-state index in [4.69, 9.17) is 18.9 Å². The third-order valence-electron chi connectivity index (χ3n) is 7.69. The van der Waals surface area contributed by atoms with Crippen LogP contribution in [0.4, 0.5) is 0 Å². The first-order chi connectivity index (χ1) is 18.0. The van der Waals surface area contributed by atoms with Crippen LogP contribution >= 0.6 is 0 Å².